The van der Waals surface area contributed by atoms with Crippen LogP contribution in [0.15, 0.2) is 52.5 Å². The molecule has 10 heteroatoms. The highest BCUT2D eigenvalue weighted by molar-refractivity contribution is 7.15. The summed E-state index contributed by atoms with van der Waals surface area (Å²) in [5, 5.41) is 5.68. The van der Waals surface area contributed by atoms with E-state index < -0.39 is 5.97 Å². The lowest BCUT2D eigenvalue weighted by Gasteiger charge is -2.33. The molecule has 4 rings (SSSR count). The standard InChI is InChI=1S/C23H22ClN3O5S/c1-31-23(30)20-17(15-4-6-16(24)7-5-15)14-33-21(20)25-19(28)13-26-8-10-27(11-9-26)22(29)18-3-2-12-32-18/h2-7,12,14H,8-11,13H2,1H3,(H,25,28). The second-order valence-electron chi connectivity index (χ2n) is 7.45. The first-order valence-corrected chi connectivity index (χ1v) is 11.5. The molecule has 1 saturated heterocycles. The normalized spacial score (nSPS) is 14.2. The maximum Gasteiger partial charge on any atom is 0.341 e. The van der Waals surface area contributed by atoms with Crippen LogP contribution < -0.4 is 5.32 Å². The zero-order chi connectivity index (χ0) is 23.4. The van der Waals surface area contributed by atoms with Crippen LogP contribution in [0.5, 0.6) is 0 Å². The molecule has 0 saturated carbocycles. The molecule has 1 aliphatic heterocycles. The molecule has 0 aliphatic carbocycles. The lowest BCUT2D eigenvalue weighted by Crippen LogP contribution is -2.50. The molecular formula is C23H22ClN3O5S. The summed E-state index contributed by atoms with van der Waals surface area (Å²) in [7, 11) is 1.31. The third kappa shape index (κ3) is 5.27. The molecule has 3 heterocycles. The molecule has 0 radical (unpaired) electrons. The van der Waals surface area contributed by atoms with E-state index >= 15 is 0 Å². The molecule has 172 valence electrons. The summed E-state index contributed by atoms with van der Waals surface area (Å²) in [5.41, 5.74) is 1.78. The highest BCUT2D eigenvalue weighted by Gasteiger charge is 2.26. The van der Waals surface area contributed by atoms with Gasteiger partial charge in [-0.05, 0) is 29.8 Å². The third-order valence-corrected chi connectivity index (χ3v) is 6.49. The number of halogens is 1. The third-order valence-electron chi connectivity index (χ3n) is 5.35. The average molecular weight is 488 g/mol. The molecule has 2 amide bonds. The first kappa shape index (κ1) is 23.0. The number of amides is 2. The van der Waals surface area contributed by atoms with Gasteiger partial charge in [-0.25, -0.2) is 4.79 Å². The zero-order valence-electron chi connectivity index (χ0n) is 17.9. The van der Waals surface area contributed by atoms with Gasteiger partial charge in [-0.15, -0.1) is 11.3 Å². The van der Waals surface area contributed by atoms with Crippen LogP contribution in [0.25, 0.3) is 11.1 Å². The van der Waals surface area contributed by atoms with Crippen molar-refractivity contribution in [1.29, 1.82) is 0 Å². The Hall–Kier alpha value is -3.14. The quantitative estimate of drug-likeness (QED) is 0.531. The lowest BCUT2D eigenvalue weighted by atomic mass is 10.0. The van der Waals surface area contributed by atoms with Crippen LogP contribution in [0.2, 0.25) is 5.02 Å². The van der Waals surface area contributed by atoms with E-state index in [-0.39, 0.29) is 18.4 Å². The summed E-state index contributed by atoms with van der Waals surface area (Å²) in [6.07, 6.45) is 1.47. The Bertz CT molecular complexity index is 1140. The Morgan fingerprint density at radius 2 is 1.85 bits per heavy atom. The van der Waals surface area contributed by atoms with Gasteiger partial charge < -0.3 is 19.4 Å². The van der Waals surface area contributed by atoms with Gasteiger partial charge in [-0.3, -0.25) is 14.5 Å². The second-order valence-corrected chi connectivity index (χ2v) is 8.76. The second kappa shape index (κ2) is 10.2. The molecule has 2 aromatic heterocycles. The highest BCUT2D eigenvalue weighted by atomic mass is 35.5. The molecule has 1 fully saturated rings. The van der Waals surface area contributed by atoms with E-state index in [0.717, 1.165) is 5.56 Å². The number of carbonyl (C=O) groups is 3. The van der Waals surface area contributed by atoms with Gasteiger partial charge in [0, 0.05) is 42.1 Å². The number of nitrogens with zero attached hydrogens (tertiary/aromatic N) is 2. The van der Waals surface area contributed by atoms with Crippen LogP contribution >= 0.6 is 22.9 Å². The Morgan fingerprint density at radius 3 is 2.48 bits per heavy atom. The number of hydrogen-bond donors (Lipinski definition) is 1. The summed E-state index contributed by atoms with van der Waals surface area (Å²) < 4.78 is 10.1. The van der Waals surface area contributed by atoms with Gasteiger partial charge in [-0.1, -0.05) is 23.7 Å². The van der Waals surface area contributed by atoms with E-state index in [9.17, 15) is 14.4 Å². The highest BCUT2D eigenvalue weighted by Crippen LogP contribution is 2.36. The van der Waals surface area contributed by atoms with E-state index in [4.69, 9.17) is 20.8 Å². The van der Waals surface area contributed by atoms with Gasteiger partial charge >= 0.3 is 5.97 Å². The molecule has 0 bridgehead atoms. The first-order chi connectivity index (χ1) is 16.0. The molecular weight excluding hydrogens is 466 g/mol. The fraction of sp³-hybridized carbons (Fsp3) is 0.261. The van der Waals surface area contributed by atoms with Crippen LogP contribution in [-0.2, 0) is 9.53 Å². The Kier molecular flexibility index (Phi) is 7.12. The van der Waals surface area contributed by atoms with Crippen molar-refractivity contribution in [2.45, 2.75) is 0 Å². The minimum absolute atomic E-state index is 0.150. The molecule has 1 aromatic carbocycles. The van der Waals surface area contributed by atoms with Crippen molar-refractivity contribution in [1.82, 2.24) is 9.80 Å². The van der Waals surface area contributed by atoms with Crippen molar-refractivity contribution in [3.05, 3.63) is 64.4 Å². The molecule has 0 unspecified atom stereocenters. The van der Waals surface area contributed by atoms with E-state index in [0.29, 0.717) is 53.1 Å². The summed E-state index contributed by atoms with van der Waals surface area (Å²) in [5.74, 6) is -0.608. The predicted molar refractivity (Wildman–Crippen MR) is 126 cm³/mol. The van der Waals surface area contributed by atoms with E-state index in [1.54, 1.807) is 29.2 Å². The van der Waals surface area contributed by atoms with Gasteiger partial charge in [-0.2, -0.15) is 0 Å². The number of anilines is 1. The number of thiophene rings is 1. The van der Waals surface area contributed by atoms with Gasteiger partial charge in [0.1, 0.15) is 10.6 Å². The topological polar surface area (TPSA) is 92.1 Å². The Morgan fingerprint density at radius 1 is 1.12 bits per heavy atom. The van der Waals surface area contributed by atoms with Gasteiger partial charge in [0.25, 0.3) is 5.91 Å². The Labute approximate surface area is 199 Å². The number of methoxy groups -OCH3 is 1. The van der Waals surface area contributed by atoms with Crippen molar-refractivity contribution in [3.63, 3.8) is 0 Å². The largest absolute Gasteiger partial charge is 0.465 e. The maximum atomic E-state index is 12.7. The van der Waals surface area contributed by atoms with Crippen LogP contribution in [-0.4, -0.2) is 67.4 Å². The van der Waals surface area contributed by atoms with Crippen LogP contribution in [0.3, 0.4) is 0 Å². The molecule has 33 heavy (non-hydrogen) atoms. The summed E-state index contributed by atoms with van der Waals surface area (Å²) in [4.78, 5) is 41.3. The number of carbonyl (C=O) groups excluding carboxylic acids is 3. The maximum absolute atomic E-state index is 12.7. The molecule has 0 atom stereocenters. The van der Waals surface area contributed by atoms with E-state index in [1.165, 1.54) is 24.7 Å². The van der Waals surface area contributed by atoms with Gasteiger partial charge in [0.2, 0.25) is 5.91 Å². The average Bonchev–Trinajstić information content (AvgIpc) is 3.50. The molecule has 8 nitrogen and oxygen atoms in total. The SMILES string of the molecule is COC(=O)c1c(-c2ccc(Cl)cc2)csc1NC(=O)CN1CCN(C(=O)c2ccco2)CC1. The van der Waals surface area contributed by atoms with Crippen molar-refractivity contribution >= 4 is 45.7 Å². The van der Waals surface area contributed by atoms with Crippen molar-refractivity contribution in [2.24, 2.45) is 0 Å². The van der Waals surface area contributed by atoms with Crippen LogP contribution in [0, 0.1) is 0 Å². The number of nitrogens with one attached hydrogen (secondary N) is 1. The van der Waals surface area contributed by atoms with Crippen molar-refractivity contribution in [3.8, 4) is 11.1 Å². The Balaban J connectivity index is 1.39. The van der Waals surface area contributed by atoms with Crippen LogP contribution in [0.4, 0.5) is 5.00 Å². The van der Waals surface area contributed by atoms with Crippen molar-refractivity contribution in [2.75, 3.05) is 45.2 Å². The van der Waals surface area contributed by atoms with Gasteiger partial charge in [0.15, 0.2) is 5.76 Å². The van der Waals surface area contributed by atoms with E-state index in [2.05, 4.69) is 5.32 Å². The number of piperazine rings is 1. The number of esters is 1. The molecule has 1 aliphatic rings. The summed E-state index contributed by atoms with van der Waals surface area (Å²) in [6.45, 7) is 2.27. The van der Waals surface area contributed by atoms with Gasteiger partial charge in [0.05, 0.1) is 19.9 Å². The first-order valence-electron chi connectivity index (χ1n) is 10.3. The minimum Gasteiger partial charge on any atom is -0.465 e. The molecule has 3 aromatic rings. The van der Waals surface area contributed by atoms with Crippen molar-refractivity contribution < 1.29 is 23.5 Å². The number of rotatable bonds is 6. The molecule has 0 spiro atoms. The van der Waals surface area contributed by atoms with Crippen LogP contribution in [0.1, 0.15) is 20.9 Å². The lowest BCUT2D eigenvalue weighted by molar-refractivity contribution is -0.117. The fourth-order valence-electron chi connectivity index (χ4n) is 3.63. The minimum atomic E-state index is -0.526. The smallest absolute Gasteiger partial charge is 0.341 e. The number of benzene rings is 1. The molecule has 1 N–H and O–H groups in total. The number of hydrogen-bond acceptors (Lipinski definition) is 7. The summed E-state index contributed by atoms with van der Waals surface area (Å²) in [6, 6.07) is 10.4. The number of ether oxygens (including phenoxy) is 1. The monoisotopic (exact) mass is 487 g/mol. The summed E-state index contributed by atoms with van der Waals surface area (Å²) >= 11 is 7.24. The zero-order valence-corrected chi connectivity index (χ0v) is 19.4. The predicted octanol–water partition coefficient (Wildman–Crippen LogP) is 3.84. The van der Waals surface area contributed by atoms with E-state index in [1.807, 2.05) is 22.4 Å². The fourth-order valence-corrected chi connectivity index (χ4v) is 4.73. The number of furan rings is 1.